The van der Waals surface area contributed by atoms with Crippen molar-refractivity contribution in [2.24, 2.45) is 0 Å². The van der Waals surface area contributed by atoms with E-state index >= 15 is 0 Å². The quantitative estimate of drug-likeness (QED) is 0.518. The second-order valence-electron chi connectivity index (χ2n) is 2.75. The van der Waals surface area contributed by atoms with Crippen molar-refractivity contribution in [3.63, 3.8) is 0 Å². The Morgan fingerprint density at radius 2 is 2.00 bits per heavy atom. The van der Waals surface area contributed by atoms with Gasteiger partial charge in [-0.2, -0.15) is 0 Å². The largest absolute Gasteiger partial charge is 0.109 e. The zero-order chi connectivity index (χ0) is 8.39. The summed E-state index contributed by atoms with van der Waals surface area (Å²) in [4.78, 5) is 0. The van der Waals surface area contributed by atoms with Crippen LogP contribution in [0.2, 0.25) is 0 Å². The summed E-state index contributed by atoms with van der Waals surface area (Å²) in [6.45, 7) is 0. The maximum atomic E-state index is 6.15. The topological polar surface area (TPSA) is 0 Å². The zero-order valence-corrected chi connectivity index (χ0v) is 8.83. The third-order valence-electron chi connectivity index (χ3n) is 1.95. The Balaban J connectivity index is 2.19. The van der Waals surface area contributed by atoms with Crippen LogP contribution in [0.15, 0.2) is 30.3 Å². The van der Waals surface area contributed by atoms with Gasteiger partial charge in [-0.25, -0.2) is 0 Å². The monoisotopic (exact) mass is 216 g/mol. The Morgan fingerprint density at radius 1 is 1.25 bits per heavy atom. The van der Waals surface area contributed by atoms with E-state index in [1.165, 1.54) is 5.56 Å². The molecule has 0 nitrogen and oxygen atoms in total. The summed E-state index contributed by atoms with van der Waals surface area (Å²) < 4.78 is 0.248. The van der Waals surface area contributed by atoms with Gasteiger partial charge in [0.2, 0.25) is 0 Å². The Kier molecular flexibility index (Phi) is 2.89. The molecule has 3 heteroatoms. The van der Waals surface area contributed by atoms with Crippen LogP contribution in [-0.2, 0) is 0 Å². The van der Waals surface area contributed by atoms with Crippen molar-refractivity contribution >= 4 is 33.2 Å². The summed E-state index contributed by atoms with van der Waals surface area (Å²) in [7, 11) is 3.65. The molecule has 1 fully saturated rings. The van der Waals surface area contributed by atoms with E-state index < -0.39 is 0 Å². The van der Waals surface area contributed by atoms with Crippen LogP contribution in [0.3, 0.4) is 0 Å². The molecule has 0 saturated carbocycles. The average Bonchev–Trinajstić information content (AvgIpc) is 2.53. The van der Waals surface area contributed by atoms with Crippen LogP contribution < -0.4 is 0 Å². The minimum Gasteiger partial charge on any atom is -0.109 e. The van der Waals surface area contributed by atoms with E-state index in [1.807, 2.05) is 16.9 Å². The second kappa shape index (κ2) is 3.95. The lowest BCUT2D eigenvalue weighted by molar-refractivity contribution is 0.867. The summed E-state index contributed by atoms with van der Waals surface area (Å²) >= 11 is 6.15. The van der Waals surface area contributed by atoms with Crippen molar-refractivity contribution in [2.75, 3.05) is 5.75 Å². The second-order valence-corrected chi connectivity index (χ2v) is 6.03. The van der Waals surface area contributed by atoms with E-state index in [-0.39, 0.29) is 4.71 Å². The molecule has 0 radical (unpaired) electrons. The molecule has 0 amide bonds. The lowest BCUT2D eigenvalue weighted by Gasteiger charge is -2.11. The van der Waals surface area contributed by atoms with E-state index in [4.69, 9.17) is 11.6 Å². The molecule has 0 bridgehead atoms. The summed E-state index contributed by atoms with van der Waals surface area (Å²) in [6, 6.07) is 10.5. The van der Waals surface area contributed by atoms with Gasteiger partial charge in [0.05, 0.1) is 4.71 Å². The molecule has 1 aromatic rings. The van der Waals surface area contributed by atoms with Gasteiger partial charge in [-0.15, -0.1) is 11.6 Å². The van der Waals surface area contributed by atoms with Crippen molar-refractivity contribution < 1.29 is 0 Å². The third-order valence-corrected chi connectivity index (χ3v) is 5.42. The van der Waals surface area contributed by atoms with E-state index in [1.54, 1.807) is 10.8 Å². The minimum absolute atomic E-state index is 0.248. The Morgan fingerprint density at radius 3 is 2.58 bits per heavy atom. The molecule has 2 rings (SSSR count). The van der Waals surface area contributed by atoms with Crippen LogP contribution in [0, 0.1) is 0 Å². The first-order chi connectivity index (χ1) is 5.88. The van der Waals surface area contributed by atoms with Gasteiger partial charge in [0.1, 0.15) is 0 Å². The van der Waals surface area contributed by atoms with Crippen LogP contribution in [0.1, 0.15) is 11.5 Å². The van der Waals surface area contributed by atoms with Crippen molar-refractivity contribution in [2.45, 2.75) is 10.6 Å². The van der Waals surface area contributed by atoms with E-state index in [2.05, 4.69) is 24.3 Å². The maximum Gasteiger partial charge on any atom is 0.0968 e. The van der Waals surface area contributed by atoms with E-state index in [0.717, 1.165) is 5.75 Å². The highest BCUT2D eigenvalue weighted by atomic mass is 35.5. The van der Waals surface area contributed by atoms with Crippen LogP contribution in [0.5, 0.6) is 0 Å². The van der Waals surface area contributed by atoms with Crippen molar-refractivity contribution in [1.82, 2.24) is 0 Å². The van der Waals surface area contributed by atoms with Crippen LogP contribution in [0.4, 0.5) is 0 Å². The number of rotatable bonds is 1. The van der Waals surface area contributed by atoms with Crippen molar-refractivity contribution in [3.05, 3.63) is 35.9 Å². The van der Waals surface area contributed by atoms with Crippen molar-refractivity contribution in [3.8, 4) is 0 Å². The molecule has 1 aliphatic heterocycles. The first kappa shape index (κ1) is 8.79. The highest BCUT2D eigenvalue weighted by molar-refractivity contribution is 8.77. The van der Waals surface area contributed by atoms with Gasteiger partial charge in [0.25, 0.3) is 0 Å². The Labute approximate surface area is 85.5 Å². The molecular formula is C9H9ClS2. The Bertz CT molecular complexity index is 250. The van der Waals surface area contributed by atoms with E-state index in [0.29, 0.717) is 5.92 Å². The number of hydrogen-bond donors (Lipinski definition) is 0. The molecule has 1 saturated heterocycles. The lowest BCUT2D eigenvalue weighted by Crippen LogP contribution is -2.05. The zero-order valence-electron chi connectivity index (χ0n) is 6.44. The summed E-state index contributed by atoms with van der Waals surface area (Å²) in [5.41, 5.74) is 1.37. The van der Waals surface area contributed by atoms with Crippen LogP contribution in [0.25, 0.3) is 0 Å². The van der Waals surface area contributed by atoms with Crippen LogP contribution in [-0.4, -0.2) is 10.5 Å². The van der Waals surface area contributed by atoms with Gasteiger partial charge in [-0.1, -0.05) is 51.9 Å². The molecule has 12 heavy (non-hydrogen) atoms. The molecule has 0 aliphatic carbocycles. The molecule has 1 aromatic carbocycles. The fraction of sp³-hybridized carbons (Fsp3) is 0.333. The minimum atomic E-state index is 0.248. The average molecular weight is 217 g/mol. The standard InChI is InChI=1S/C9H9ClS2/c10-9-8(6-11-12-9)7-4-2-1-3-5-7/h1-5,8-9H,6H2. The predicted molar refractivity (Wildman–Crippen MR) is 58.9 cm³/mol. The van der Waals surface area contributed by atoms with E-state index in [9.17, 15) is 0 Å². The third kappa shape index (κ3) is 1.76. The molecule has 0 N–H and O–H groups in total. The molecular weight excluding hydrogens is 208 g/mol. The Hall–Kier alpha value is 0.210. The first-order valence-electron chi connectivity index (χ1n) is 3.85. The SMILES string of the molecule is ClC1SSCC1c1ccccc1. The number of benzene rings is 1. The lowest BCUT2D eigenvalue weighted by atomic mass is 10.0. The number of halogens is 1. The van der Waals surface area contributed by atoms with Gasteiger partial charge in [0.15, 0.2) is 0 Å². The first-order valence-corrected chi connectivity index (χ1v) is 6.67. The highest BCUT2D eigenvalue weighted by Crippen LogP contribution is 2.48. The fourth-order valence-corrected chi connectivity index (χ4v) is 4.79. The normalized spacial score (nSPS) is 29.1. The summed E-state index contributed by atoms with van der Waals surface area (Å²) in [5.74, 6) is 1.67. The molecule has 1 aliphatic rings. The number of alkyl halides is 1. The molecule has 1 heterocycles. The number of hydrogen-bond acceptors (Lipinski definition) is 2. The molecule has 0 spiro atoms. The van der Waals surface area contributed by atoms with Gasteiger partial charge in [-0.05, 0) is 5.56 Å². The molecule has 0 aromatic heterocycles. The van der Waals surface area contributed by atoms with Gasteiger partial charge in [-0.3, -0.25) is 0 Å². The molecule has 2 unspecified atom stereocenters. The van der Waals surface area contributed by atoms with Gasteiger partial charge < -0.3 is 0 Å². The van der Waals surface area contributed by atoms with Gasteiger partial charge >= 0.3 is 0 Å². The predicted octanol–water partition coefficient (Wildman–Crippen LogP) is 3.73. The van der Waals surface area contributed by atoms with Gasteiger partial charge in [0, 0.05) is 11.7 Å². The smallest absolute Gasteiger partial charge is 0.0968 e. The van der Waals surface area contributed by atoms with Crippen molar-refractivity contribution in [1.29, 1.82) is 0 Å². The van der Waals surface area contributed by atoms with Crippen LogP contribution >= 0.6 is 33.2 Å². The summed E-state index contributed by atoms with van der Waals surface area (Å²) in [5, 5.41) is 0. The molecule has 2 atom stereocenters. The fourth-order valence-electron chi connectivity index (χ4n) is 1.27. The summed E-state index contributed by atoms with van der Waals surface area (Å²) in [6.07, 6.45) is 0. The molecule has 64 valence electrons. The maximum absolute atomic E-state index is 6.15. The highest BCUT2D eigenvalue weighted by Gasteiger charge is 2.27.